The minimum absolute atomic E-state index is 1.08. The number of aromatic nitrogens is 1. The van der Waals surface area contributed by atoms with Gasteiger partial charge in [0.15, 0.2) is 0 Å². The predicted octanol–water partition coefficient (Wildman–Crippen LogP) is 5.83. The van der Waals surface area contributed by atoms with Gasteiger partial charge in [-0.15, -0.1) is 0 Å². The van der Waals surface area contributed by atoms with E-state index < -0.39 is 0 Å². The number of fused-ring (bicyclic) bond motifs is 4. The van der Waals surface area contributed by atoms with E-state index in [1.165, 1.54) is 37.1 Å². The number of benzene rings is 3. The van der Waals surface area contributed by atoms with E-state index >= 15 is 0 Å². The van der Waals surface area contributed by atoms with Gasteiger partial charge in [-0.2, -0.15) is 0 Å². The van der Waals surface area contributed by atoms with Crippen molar-refractivity contribution in [1.29, 1.82) is 0 Å². The van der Waals surface area contributed by atoms with Crippen molar-refractivity contribution in [2.75, 3.05) is 0 Å². The smallest absolute Gasteiger partial charge is 0.0810 e. The molecule has 0 N–H and O–H groups in total. The molecule has 0 saturated heterocycles. The van der Waals surface area contributed by atoms with Crippen molar-refractivity contribution >= 4 is 33.4 Å². The largest absolute Gasteiger partial charge is 0.247 e. The van der Waals surface area contributed by atoms with Crippen molar-refractivity contribution < 1.29 is 0 Å². The highest BCUT2D eigenvalue weighted by molar-refractivity contribution is 7.99. The van der Waals surface area contributed by atoms with Gasteiger partial charge in [0.2, 0.25) is 0 Å². The summed E-state index contributed by atoms with van der Waals surface area (Å²) >= 11 is 1.85. The van der Waals surface area contributed by atoms with Crippen molar-refractivity contribution in [3.8, 4) is 11.3 Å². The molecule has 0 radical (unpaired) electrons. The molecule has 0 fully saturated rings. The minimum atomic E-state index is 1.08. The fourth-order valence-electron chi connectivity index (χ4n) is 3.29. The number of hydrogen-bond donors (Lipinski definition) is 0. The van der Waals surface area contributed by atoms with Crippen molar-refractivity contribution in [2.45, 2.75) is 16.7 Å². The molecule has 0 saturated carbocycles. The molecule has 5 rings (SSSR count). The first-order valence-electron chi connectivity index (χ1n) is 7.41. The SMILES string of the molecule is Cc1ccc2c(c1)nc1c3c(cccc32)Sc2ccccc2-1. The van der Waals surface area contributed by atoms with Crippen LogP contribution >= 0.6 is 11.8 Å². The molecular formula is C20H13NS. The molecule has 0 aliphatic carbocycles. The number of rotatable bonds is 0. The van der Waals surface area contributed by atoms with Gasteiger partial charge >= 0.3 is 0 Å². The molecule has 22 heavy (non-hydrogen) atoms. The van der Waals surface area contributed by atoms with E-state index in [0.717, 1.165) is 11.2 Å². The van der Waals surface area contributed by atoms with Crippen LogP contribution in [0.25, 0.3) is 32.9 Å². The summed E-state index contributed by atoms with van der Waals surface area (Å²) in [6.45, 7) is 2.12. The third-order valence-corrected chi connectivity index (χ3v) is 5.44. The summed E-state index contributed by atoms with van der Waals surface area (Å²) in [5, 5.41) is 3.84. The molecule has 3 aromatic carbocycles. The van der Waals surface area contributed by atoms with E-state index in [1.54, 1.807) is 0 Å². The summed E-state index contributed by atoms with van der Waals surface area (Å²) in [7, 11) is 0. The number of hydrogen-bond acceptors (Lipinski definition) is 2. The van der Waals surface area contributed by atoms with Crippen molar-refractivity contribution in [1.82, 2.24) is 4.98 Å². The Morgan fingerprint density at radius 2 is 1.68 bits per heavy atom. The molecule has 0 unspecified atom stereocenters. The zero-order chi connectivity index (χ0) is 14.7. The average molecular weight is 299 g/mol. The Morgan fingerprint density at radius 1 is 0.818 bits per heavy atom. The summed E-state index contributed by atoms with van der Waals surface area (Å²) in [5.74, 6) is 0. The third kappa shape index (κ3) is 1.59. The third-order valence-electron chi connectivity index (χ3n) is 4.30. The highest BCUT2D eigenvalue weighted by Crippen LogP contribution is 2.48. The molecule has 1 aromatic heterocycles. The Kier molecular flexibility index (Phi) is 2.42. The van der Waals surface area contributed by atoms with Crippen molar-refractivity contribution in [3.05, 3.63) is 66.2 Å². The van der Waals surface area contributed by atoms with Crippen LogP contribution in [0.1, 0.15) is 5.56 Å². The summed E-state index contributed by atoms with van der Waals surface area (Å²) < 4.78 is 0. The summed E-state index contributed by atoms with van der Waals surface area (Å²) in [6, 6.07) is 21.7. The second-order valence-corrected chi connectivity index (χ2v) is 6.84. The van der Waals surface area contributed by atoms with Gasteiger partial charge < -0.3 is 0 Å². The van der Waals surface area contributed by atoms with E-state index in [0.29, 0.717) is 0 Å². The van der Waals surface area contributed by atoms with Gasteiger partial charge in [-0.3, -0.25) is 0 Å². The van der Waals surface area contributed by atoms with Gasteiger partial charge in [0.05, 0.1) is 11.2 Å². The molecule has 1 aliphatic rings. The molecule has 2 heteroatoms. The monoisotopic (exact) mass is 299 g/mol. The molecule has 0 bridgehead atoms. The Morgan fingerprint density at radius 3 is 2.64 bits per heavy atom. The zero-order valence-corrected chi connectivity index (χ0v) is 12.9. The number of aryl methyl sites for hydroxylation is 1. The van der Waals surface area contributed by atoms with Crippen LogP contribution in [0.3, 0.4) is 0 Å². The van der Waals surface area contributed by atoms with E-state index in [1.807, 2.05) is 11.8 Å². The first-order chi connectivity index (χ1) is 10.8. The molecule has 0 amide bonds. The maximum absolute atomic E-state index is 5.02. The van der Waals surface area contributed by atoms with Crippen molar-refractivity contribution in [3.63, 3.8) is 0 Å². The summed E-state index contributed by atoms with van der Waals surface area (Å²) in [6.07, 6.45) is 0. The Bertz CT molecular complexity index is 1070. The molecule has 104 valence electrons. The standard InChI is InChI=1S/C20H13NS/c1-12-9-10-13-14-6-4-8-18-19(14)20(21-16(13)11-12)15-5-2-3-7-17(15)22-18/h2-11H,1H3. The lowest BCUT2D eigenvalue weighted by atomic mass is 9.99. The van der Waals surface area contributed by atoms with Crippen LogP contribution < -0.4 is 0 Å². The lowest BCUT2D eigenvalue weighted by molar-refractivity contribution is 1.32. The van der Waals surface area contributed by atoms with E-state index in [2.05, 4.69) is 67.6 Å². The molecule has 0 atom stereocenters. The van der Waals surface area contributed by atoms with Crippen LogP contribution in [0.15, 0.2) is 70.5 Å². The van der Waals surface area contributed by atoms with Crippen LogP contribution in [-0.4, -0.2) is 4.98 Å². The van der Waals surface area contributed by atoms with Crippen LogP contribution in [0.5, 0.6) is 0 Å². The van der Waals surface area contributed by atoms with Crippen LogP contribution in [0.2, 0.25) is 0 Å². The molecule has 1 nitrogen and oxygen atoms in total. The predicted molar refractivity (Wildman–Crippen MR) is 93.5 cm³/mol. The van der Waals surface area contributed by atoms with Gasteiger partial charge in [0.25, 0.3) is 0 Å². The Balaban J connectivity index is 2.04. The van der Waals surface area contributed by atoms with E-state index in [4.69, 9.17) is 4.98 Å². The van der Waals surface area contributed by atoms with Gasteiger partial charge in [0.1, 0.15) is 0 Å². The maximum Gasteiger partial charge on any atom is 0.0810 e. The molecule has 0 spiro atoms. The highest BCUT2D eigenvalue weighted by atomic mass is 32.2. The summed E-state index contributed by atoms with van der Waals surface area (Å²) in [4.78, 5) is 7.62. The second kappa shape index (κ2) is 4.34. The quantitative estimate of drug-likeness (QED) is 0.334. The van der Waals surface area contributed by atoms with Crippen LogP contribution in [0.4, 0.5) is 0 Å². The number of pyridine rings is 1. The maximum atomic E-state index is 5.02. The van der Waals surface area contributed by atoms with Gasteiger partial charge in [-0.05, 0) is 36.1 Å². The van der Waals surface area contributed by atoms with Gasteiger partial charge in [0, 0.05) is 26.1 Å². The van der Waals surface area contributed by atoms with Crippen LogP contribution in [-0.2, 0) is 0 Å². The van der Waals surface area contributed by atoms with E-state index in [9.17, 15) is 0 Å². The molecular weight excluding hydrogens is 286 g/mol. The molecule has 4 aromatic rings. The van der Waals surface area contributed by atoms with Crippen LogP contribution in [0, 0.1) is 6.92 Å². The minimum Gasteiger partial charge on any atom is -0.247 e. The lowest BCUT2D eigenvalue weighted by Gasteiger charge is -2.20. The number of nitrogens with zero attached hydrogens (tertiary/aromatic N) is 1. The molecule has 2 heterocycles. The first-order valence-corrected chi connectivity index (χ1v) is 8.23. The fraction of sp³-hybridized carbons (Fsp3) is 0.0500. The topological polar surface area (TPSA) is 12.9 Å². The van der Waals surface area contributed by atoms with E-state index in [-0.39, 0.29) is 0 Å². The lowest BCUT2D eigenvalue weighted by Crippen LogP contribution is -1.96. The second-order valence-electron chi connectivity index (χ2n) is 5.76. The average Bonchev–Trinajstić information content (AvgIpc) is 2.54. The molecule has 1 aliphatic heterocycles. The zero-order valence-electron chi connectivity index (χ0n) is 12.1. The van der Waals surface area contributed by atoms with Gasteiger partial charge in [-0.25, -0.2) is 4.98 Å². The normalized spacial score (nSPS) is 12.6. The van der Waals surface area contributed by atoms with Crippen molar-refractivity contribution in [2.24, 2.45) is 0 Å². The highest BCUT2D eigenvalue weighted by Gasteiger charge is 2.21. The Hall–Kier alpha value is -2.32. The first kappa shape index (κ1) is 12.2. The summed E-state index contributed by atoms with van der Waals surface area (Å²) in [5.41, 5.74) is 4.71. The Labute approximate surface area is 133 Å². The fourth-order valence-corrected chi connectivity index (χ4v) is 4.40. The van der Waals surface area contributed by atoms with Gasteiger partial charge in [-0.1, -0.05) is 54.2 Å².